The van der Waals surface area contributed by atoms with Crippen LogP contribution in [0.25, 0.3) is 0 Å². The van der Waals surface area contributed by atoms with Gasteiger partial charge >= 0.3 is 0 Å². The van der Waals surface area contributed by atoms with Crippen molar-refractivity contribution in [1.29, 1.82) is 0 Å². The van der Waals surface area contributed by atoms with Crippen molar-refractivity contribution >= 4 is 5.91 Å². The van der Waals surface area contributed by atoms with E-state index in [0.717, 1.165) is 48.4 Å². The van der Waals surface area contributed by atoms with Crippen LogP contribution in [-0.2, 0) is 11.8 Å². The first kappa shape index (κ1) is 17.6. The normalized spacial score (nSPS) is 30.4. The lowest BCUT2D eigenvalue weighted by Gasteiger charge is -2.56. The highest BCUT2D eigenvalue weighted by Gasteiger charge is 2.52. The third-order valence-electron chi connectivity index (χ3n) is 7.03. The summed E-state index contributed by atoms with van der Waals surface area (Å²) in [6.07, 6.45) is 13.1. The van der Waals surface area contributed by atoms with Crippen LogP contribution in [0.15, 0.2) is 35.5 Å². The van der Waals surface area contributed by atoms with E-state index in [2.05, 4.69) is 20.3 Å². The Labute approximate surface area is 164 Å². The predicted molar refractivity (Wildman–Crippen MR) is 105 cm³/mol. The number of H-pyrrole nitrogens is 1. The van der Waals surface area contributed by atoms with Crippen LogP contribution in [0.4, 0.5) is 0 Å². The van der Waals surface area contributed by atoms with Crippen LogP contribution in [0.2, 0.25) is 0 Å². The second-order valence-corrected chi connectivity index (χ2v) is 9.03. The van der Waals surface area contributed by atoms with Gasteiger partial charge in [0.05, 0.1) is 0 Å². The summed E-state index contributed by atoms with van der Waals surface area (Å²) in [6, 6.07) is 3.83. The molecule has 6 heteroatoms. The van der Waals surface area contributed by atoms with Crippen LogP contribution in [0, 0.1) is 17.8 Å². The number of nitrogens with one attached hydrogen (secondary N) is 2. The maximum absolute atomic E-state index is 12.6. The van der Waals surface area contributed by atoms with Crippen molar-refractivity contribution in [2.45, 2.75) is 50.4 Å². The maximum atomic E-state index is 12.6. The standard InChI is InChI=1S/C22H26N4O2/c27-19(24-6-3-14-1-4-23-5-2-14)18-13-25-21(26-20(18)28)22-10-15-7-16(11-22)9-17(8-15)12-22/h1-2,4-5,13,15-17H,3,6-12H2,(H,24,27)(H,25,26,28). The number of carbonyl (C=O) groups is 1. The number of rotatable bonds is 5. The van der Waals surface area contributed by atoms with E-state index in [1.807, 2.05) is 12.1 Å². The second kappa shape index (κ2) is 6.83. The molecule has 0 saturated heterocycles. The predicted octanol–water partition coefficient (Wildman–Crippen LogP) is 2.61. The number of nitrogens with zero attached hydrogens (tertiary/aromatic N) is 2. The maximum Gasteiger partial charge on any atom is 0.263 e. The molecule has 0 spiro atoms. The van der Waals surface area contributed by atoms with Gasteiger partial charge in [-0.15, -0.1) is 0 Å². The number of hydrogen-bond donors (Lipinski definition) is 2. The molecule has 2 aromatic heterocycles. The Bertz CT molecular complexity index is 902. The van der Waals surface area contributed by atoms with Gasteiger partial charge in [0.2, 0.25) is 0 Å². The highest BCUT2D eigenvalue weighted by molar-refractivity contribution is 5.93. The SMILES string of the molecule is O=C(NCCc1ccncc1)c1cnc(C23CC4CC(CC(C4)C2)C3)[nH]c1=O. The minimum Gasteiger partial charge on any atom is -0.351 e. The molecule has 146 valence electrons. The molecule has 0 unspecified atom stereocenters. The molecule has 0 atom stereocenters. The summed E-state index contributed by atoms with van der Waals surface area (Å²) in [7, 11) is 0. The summed E-state index contributed by atoms with van der Waals surface area (Å²) in [6.45, 7) is 0.471. The van der Waals surface area contributed by atoms with Crippen LogP contribution in [-0.4, -0.2) is 27.4 Å². The van der Waals surface area contributed by atoms with Crippen molar-refractivity contribution in [2.24, 2.45) is 17.8 Å². The van der Waals surface area contributed by atoms with Gasteiger partial charge in [0.15, 0.2) is 0 Å². The molecule has 6 nitrogen and oxygen atoms in total. The fourth-order valence-corrected chi connectivity index (χ4v) is 6.19. The number of carbonyl (C=O) groups excluding carboxylic acids is 1. The Morgan fingerprint density at radius 3 is 2.36 bits per heavy atom. The van der Waals surface area contributed by atoms with Gasteiger partial charge in [-0.2, -0.15) is 0 Å². The van der Waals surface area contributed by atoms with Gasteiger partial charge in [-0.3, -0.25) is 14.6 Å². The van der Waals surface area contributed by atoms with Gasteiger partial charge in [0.25, 0.3) is 11.5 Å². The van der Waals surface area contributed by atoms with Crippen LogP contribution >= 0.6 is 0 Å². The number of aromatic nitrogens is 3. The van der Waals surface area contributed by atoms with Crippen molar-refractivity contribution in [2.75, 3.05) is 6.54 Å². The Kier molecular flexibility index (Phi) is 4.29. The average molecular weight is 378 g/mol. The topological polar surface area (TPSA) is 87.7 Å². The molecule has 4 bridgehead atoms. The molecule has 4 aliphatic rings. The summed E-state index contributed by atoms with van der Waals surface area (Å²) in [4.78, 5) is 36.6. The van der Waals surface area contributed by atoms with Crippen molar-refractivity contribution in [3.63, 3.8) is 0 Å². The van der Waals surface area contributed by atoms with Crippen LogP contribution in [0.5, 0.6) is 0 Å². The first-order valence-electron chi connectivity index (χ1n) is 10.4. The highest BCUT2D eigenvalue weighted by atomic mass is 16.2. The van der Waals surface area contributed by atoms with Crippen molar-refractivity contribution < 1.29 is 4.79 Å². The molecule has 2 N–H and O–H groups in total. The molecule has 0 aromatic carbocycles. The zero-order valence-electron chi connectivity index (χ0n) is 16.0. The Balaban J connectivity index is 1.29. The quantitative estimate of drug-likeness (QED) is 0.837. The molecule has 2 aromatic rings. The molecular formula is C22H26N4O2. The zero-order valence-corrected chi connectivity index (χ0v) is 16.0. The first-order valence-corrected chi connectivity index (χ1v) is 10.4. The van der Waals surface area contributed by atoms with E-state index in [4.69, 9.17) is 0 Å². The minimum absolute atomic E-state index is 0.0320. The number of pyridine rings is 1. The van der Waals surface area contributed by atoms with Gasteiger partial charge in [0.1, 0.15) is 11.4 Å². The fraction of sp³-hybridized carbons (Fsp3) is 0.545. The van der Waals surface area contributed by atoms with E-state index in [0.29, 0.717) is 13.0 Å². The van der Waals surface area contributed by atoms with Gasteiger partial charge in [-0.1, -0.05) is 0 Å². The molecule has 1 amide bonds. The molecule has 0 aliphatic heterocycles. The Morgan fingerprint density at radius 1 is 1.11 bits per heavy atom. The molecule has 4 fully saturated rings. The molecule has 28 heavy (non-hydrogen) atoms. The Morgan fingerprint density at radius 2 is 1.75 bits per heavy atom. The molecular weight excluding hydrogens is 352 g/mol. The van der Waals surface area contributed by atoms with Gasteiger partial charge in [0, 0.05) is 30.6 Å². The zero-order chi connectivity index (χ0) is 19.1. The van der Waals surface area contributed by atoms with E-state index in [1.165, 1.54) is 25.5 Å². The Hall–Kier alpha value is -2.50. The number of hydrogen-bond acceptors (Lipinski definition) is 4. The van der Waals surface area contributed by atoms with Crippen molar-refractivity contribution in [1.82, 2.24) is 20.3 Å². The summed E-state index contributed by atoms with van der Waals surface area (Å²) >= 11 is 0. The fourth-order valence-electron chi connectivity index (χ4n) is 6.19. The monoisotopic (exact) mass is 378 g/mol. The average Bonchev–Trinajstić information content (AvgIpc) is 2.67. The molecule has 4 aliphatic carbocycles. The number of amides is 1. The van der Waals surface area contributed by atoms with Crippen molar-refractivity contribution in [3.8, 4) is 0 Å². The lowest BCUT2D eigenvalue weighted by molar-refractivity contribution is -0.00953. The molecule has 4 saturated carbocycles. The van der Waals surface area contributed by atoms with Gasteiger partial charge < -0.3 is 10.3 Å². The second-order valence-electron chi connectivity index (χ2n) is 9.03. The van der Waals surface area contributed by atoms with Gasteiger partial charge in [-0.25, -0.2) is 4.98 Å². The third kappa shape index (κ3) is 3.15. The summed E-state index contributed by atoms with van der Waals surface area (Å²) in [5.41, 5.74) is 0.912. The molecule has 0 radical (unpaired) electrons. The van der Waals surface area contributed by atoms with Crippen LogP contribution in [0.1, 0.15) is 60.3 Å². The van der Waals surface area contributed by atoms with Gasteiger partial charge in [-0.05, 0) is 80.4 Å². The van der Waals surface area contributed by atoms with E-state index in [-0.39, 0.29) is 22.4 Å². The van der Waals surface area contributed by atoms with Crippen LogP contribution in [0.3, 0.4) is 0 Å². The first-order chi connectivity index (χ1) is 13.6. The van der Waals surface area contributed by atoms with E-state index < -0.39 is 0 Å². The third-order valence-corrected chi connectivity index (χ3v) is 7.03. The lowest BCUT2D eigenvalue weighted by Crippen LogP contribution is -2.50. The lowest BCUT2D eigenvalue weighted by atomic mass is 9.49. The van der Waals surface area contributed by atoms with Crippen molar-refractivity contribution in [3.05, 3.63) is 58.0 Å². The van der Waals surface area contributed by atoms with E-state index >= 15 is 0 Å². The van der Waals surface area contributed by atoms with E-state index in [1.54, 1.807) is 12.4 Å². The summed E-state index contributed by atoms with van der Waals surface area (Å²) < 4.78 is 0. The molecule has 2 heterocycles. The molecule has 6 rings (SSSR count). The highest BCUT2D eigenvalue weighted by Crippen LogP contribution is 2.59. The van der Waals surface area contributed by atoms with E-state index in [9.17, 15) is 9.59 Å². The summed E-state index contributed by atoms with van der Waals surface area (Å²) in [5.74, 6) is 2.80. The smallest absolute Gasteiger partial charge is 0.263 e. The minimum atomic E-state index is -0.361. The number of aromatic amines is 1. The van der Waals surface area contributed by atoms with Crippen LogP contribution < -0.4 is 10.9 Å². The summed E-state index contributed by atoms with van der Waals surface area (Å²) in [5, 5.41) is 2.82. The largest absolute Gasteiger partial charge is 0.351 e.